The molecule has 1 aliphatic heterocycles. The predicted octanol–water partition coefficient (Wildman–Crippen LogP) is 2.17. The first-order valence-corrected chi connectivity index (χ1v) is 7.40. The van der Waals surface area contributed by atoms with Crippen molar-refractivity contribution in [3.05, 3.63) is 0 Å². The average Bonchev–Trinajstić information content (AvgIpc) is 2.73. The zero-order valence-electron chi connectivity index (χ0n) is 11.3. The molecule has 2 aliphatic carbocycles. The number of carbonyl (C=O) groups excluding carboxylic acids is 1. The Balaban J connectivity index is 1.41. The van der Waals surface area contributed by atoms with Crippen LogP contribution in [0.1, 0.15) is 44.9 Å². The predicted molar refractivity (Wildman–Crippen MR) is 68.1 cm³/mol. The zero-order valence-corrected chi connectivity index (χ0v) is 11.3. The Kier molecular flexibility index (Phi) is 3.28. The van der Waals surface area contributed by atoms with Crippen LogP contribution < -0.4 is 5.32 Å². The lowest BCUT2D eigenvalue weighted by Gasteiger charge is -2.31. The van der Waals surface area contributed by atoms with Crippen molar-refractivity contribution in [1.29, 1.82) is 0 Å². The smallest absolute Gasteiger partial charge is 0.254 e. The van der Waals surface area contributed by atoms with Gasteiger partial charge in [0.15, 0.2) is 0 Å². The summed E-state index contributed by atoms with van der Waals surface area (Å²) < 4.78 is 26.5. The van der Waals surface area contributed by atoms with E-state index in [1.807, 2.05) is 4.90 Å². The summed E-state index contributed by atoms with van der Waals surface area (Å²) in [5.74, 6) is -2.38. The number of amides is 1. The number of likely N-dealkylation sites (tertiary alicyclic amines) is 1. The molecule has 1 spiro atoms. The van der Waals surface area contributed by atoms with Crippen molar-refractivity contribution < 1.29 is 13.6 Å². The van der Waals surface area contributed by atoms with Crippen molar-refractivity contribution >= 4 is 5.91 Å². The lowest BCUT2D eigenvalue weighted by atomic mass is 9.93. The van der Waals surface area contributed by atoms with Gasteiger partial charge in [-0.3, -0.25) is 9.69 Å². The van der Waals surface area contributed by atoms with Crippen LogP contribution in [0.15, 0.2) is 0 Å². The molecule has 0 radical (unpaired) electrons. The summed E-state index contributed by atoms with van der Waals surface area (Å²) in [4.78, 5) is 13.9. The molecule has 1 N–H and O–H groups in total. The van der Waals surface area contributed by atoms with Gasteiger partial charge in [-0.1, -0.05) is 12.8 Å². The van der Waals surface area contributed by atoms with E-state index in [0.717, 1.165) is 12.8 Å². The number of hydrogen-bond acceptors (Lipinski definition) is 2. The monoisotopic (exact) mass is 272 g/mol. The molecule has 19 heavy (non-hydrogen) atoms. The standard InChI is InChI=1S/C14H22F2N2O/c15-14(16)10-13(14)5-7-18(8-6-13)9-12(19)17-11-3-1-2-4-11/h11H,1-10H2,(H,17,19). The lowest BCUT2D eigenvalue weighted by molar-refractivity contribution is -0.123. The highest BCUT2D eigenvalue weighted by molar-refractivity contribution is 5.78. The number of halogens is 2. The fourth-order valence-electron chi connectivity index (χ4n) is 3.61. The molecule has 108 valence electrons. The van der Waals surface area contributed by atoms with Crippen molar-refractivity contribution in [3.63, 3.8) is 0 Å². The van der Waals surface area contributed by atoms with E-state index in [-0.39, 0.29) is 12.3 Å². The van der Waals surface area contributed by atoms with Crippen molar-refractivity contribution in [2.75, 3.05) is 19.6 Å². The molecule has 0 atom stereocenters. The maximum atomic E-state index is 13.2. The van der Waals surface area contributed by atoms with E-state index in [1.165, 1.54) is 12.8 Å². The van der Waals surface area contributed by atoms with Crippen LogP contribution in [-0.4, -0.2) is 42.4 Å². The van der Waals surface area contributed by atoms with Gasteiger partial charge in [-0.15, -0.1) is 0 Å². The van der Waals surface area contributed by atoms with E-state index in [9.17, 15) is 13.6 Å². The first kappa shape index (κ1) is 13.3. The van der Waals surface area contributed by atoms with Crippen LogP contribution in [0.4, 0.5) is 8.78 Å². The highest BCUT2D eigenvalue weighted by Crippen LogP contribution is 2.65. The number of carbonyl (C=O) groups is 1. The Morgan fingerprint density at radius 1 is 1.21 bits per heavy atom. The number of piperidine rings is 1. The summed E-state index contributed by atoms with van der Waals surface area (Å²) >= 11 is 0. The number of nitrogens with zero attached hydrogens (tertiary/aromatic N) is 1. The Morgan fingerprint density at radius 2 is 1.79 bits per heavy atom. The van der Waals surface area contributed by atoms with Crippen molar-refractivity contribution in [1.82, 2.24) is 10.2 Å². The Labute approximate surface area is 112 Å². The molecule has 0 aromatic heterocycles. The molecule has 1 heterocycles. The molecule has 3 rings (SSSR count). The minimum atomic E-state index is -2.44. The SMILES string of the molecule is O=C(CN1CCC2(CC1)CC2(F)F)NC1CCCC1. The molecular weight excluding hydrogens is 250 g/mol. The third kappa shape index (κ3) is 2.62. The second-order valence-corrected chi connectivity index (χ2v) is 6.49. The first-order valence-electron chi connectivity index (χ1n) is 7.40. The van der Waals surface area contributed by atoms with Gasteiger partial charge >= 0.3 is 0 Å². The number of rotatable bonds is 3. The van der Waals surface area contributed by atoms with Gasteiger partial charge in [0.25, 0.3) is 5.92 Å². The molecule has 0 bridgehead atoms. The van der Waals surface area contributed by atoms with Gasteiger partial charge in [0.1, 0.15) is 0 Å². The van der Waals surface area contributed by atoms with Crippen LogP contribution >= 0.6 is 0 Å². The summed E-state index contributed by atoms with van der Waals surface area (Å²) in [6, 6.07) is 0.344. The molecule has 3 fully saturated rings. The highest BCUT2D eigenvalue weighted by atomic mass is 19.3. The fraction of sp³-hybridized carbons (Fsp3) is 0.929. The van der Waals surface area contributed by atoms with E-state index in [2.05, 4.69) is 5.32 Å². The molecule has 3 aliphatic rings. The second-order valence-electron chi connectivity index (χ2n) is 6.49. The molecule has 5 heteroatoms. The number of nitrogens with one attached hydrogen (secondary N) is 1. The van der Waals surface area contributed by atoms with E-state index < -0.39 is 11.3 Å². The van der Waals surface area contributed by atoms with Crippen molar-refractivity contribution in [2.24, 2.45) is 5.41 Å². The minimum absolute atomic E-state index is 0.0576. The van der Waals surface area contributed by atoms with E-state index >= 15 is 0 Å². The van der Waals surface area contributed by atoms with E-state index in [4.69, 9.17) is 0 Å². The third-order valence-corrected chi connectivity index (χ3v) is 5.11. The minimum Gasteiger partial charge on any atom is -0.352 e. The van der Waals surface area contributed by atoms with Crippen LogP contribution in [0.3, 0.4) is 0 Å². The number of alkyl halides is 2. The van der Waals surface area contributed by atoms with Gasteiger partial charge in [0, 0.05) is 17.9 Å². The van der Waals surface area contributed by atoms with Crippen LogP contribution in [0.2, 0.25) is 0 Å². The van der Waals surface area contributed by atoms with E-state index in [0.29, 0.717) is 38.5 Å². The molecule has 3 nitrogen and oxygen atoms in total. The summed E-state index contributed by atoms with van der Waals surface area (Å²) in [7, 11) is 0. The van der Waals surface area contributed by atoms with Gasteiger partial charge < -0.3 is 5.32 Å². The quantitative estimate of drug-likeness (QED) is 0.854. The fourth-order valence-corrected chi connectivity index (χ4v) is 3.61. The normalized spacial score (nSPS) is 29.6. The molecular formula is C14H22F2N2O. The first-order chi connectivity index (χ1) is 9.01. The molecule has 2 saturated carbocycles. The summed E-state index contributed by atoms with van der Waals surface area (Å²) in [6.45, 7) is 1.64. The Bertz CT molecular complexity index is 358. The van der Waals surface area contributed by atoms with Gasteiger partial charge in [-0.25, -0.2) is 8.78 Å². The molecule has 0 aromatic rings. The third-order valence-electron chi connectivity index (χ3n) is 5.11. The topological polar surface area (TPSA) is 32.3 Å². The molecule has 1 saturated heterocycles. The molecule has 1 amide bonds. The van der Waals surface area contributed by atoms with Crippen LogP contribution in [0.5, 0.6) is 0 Å². The number of hydrogen-bond donors (Lipinski definition) is 1. The lowest BCUT2D eigenvalue weighted by Crippen LogP contribution is -2.44. The van der Waals surface area contributed by atoms with Crippen LogP contribution in [0, 0.1) is 5.41 Å². The highest BCUT2D eigenvalue weighted by Gasteiger charge is 2.70. The molecule has 0 unspecified atom stereocenters. The van der Waals surface area contributed by atoms with Crippen LogP contribution in [0.25, 0.3) is 0 Å². The summed E-state index contributed by atoms with van der Waals surface area (Å²) in [6.07, 6.45) is 5.70. The van der Waals surface area contributed by atoms with Crippen LogP contribution in [-0.2, 0) is 4.79 Å². The molecule has 0 aromatic carbocycles. The van der Waals surface area contributed by atoms with Crippen molar-refractivity contribution in [2.45, 2.75) is 56.9 Å². The largest absolute Gasteiger partial charge is 0.352 e. The van der Waals surface area contributed by atoms with Gasteiger partial charge in [0.2, 0.25) is 5.91 Å². The maximum absolute atomic E-state index is 13.2. The van der Waals surface area contributed by atoms with Crippen molar-refractivity contribution in [3.8, 4) is 0 Å². The zero-order chi connectivity index (χ0) is 13.5. The van der Waals surface area contributed by atoms with Gasteiger partial charge in [-0.2, -0.15) is 0 Å². The van der Waals surface area contributed by atoms with E-state index in [1.54, 1.807) is 0 Å². The maximum Gasteiger partial charge on any atom is 0.254 e. The Hall–Kier alpha value is -0.710. The van der Waals surface area contributed by atoms with Gasteiger partial charge in [-0.05, 0) is 38.8 Å². The van der Waals surface area contributed by atoms with Gasteiger partial charge in [0.05, 0.1) is 6.54 Å². The summed E-state index contributed by atoms with van der Waals surface area (Å²) in [5.41, 5.74) is -0.717. The average molecular weight is 272 g/mol. The Morgan fingerprint density at radius 3 is 2.32 bits per heavy atom. The summed E-state index contributed by atoms with van der Waals surface area (Å²) in [5, 5.41) is 3.05. The second kappa shape index (κ2) is 4.69.